The Bertz CT molecular complexity index is 966. The molecule has 2 heterocycles. The topological polar surface area (TPSA) is 61.4 Å². The second kappa shape index (κ2) is 9.50. The molecular formula is C24H27N5O. The first-order valence-electron chi connectivity index (χ1n) is 10.3. The van der Waals surface area contributed by atoms with Crippen molar-refractivity contribution in [2.45, 2.75) is 19.9 Å². The molecule has 0 atom stereocenters. The Labute approximate surface area is 177 Å². The van der Waals surface area contributed by atoms with Crippen LogP contribution in [0.25, 0.3) is 0 Å². The molecule has 0 unspecified atom stereocenters. The van der Waals surface area contributed by atoms with Crippen molar-refractivity contribution in [1.82, 2.24) is 14.9 Å². The largest absolute Gasteiger partial charge is 0.354 e. The third kappa shape index (κ3) is 5.42. The third-order valence-corrected chi connectivity index (χ3v) is 5.35. The van der Waals surface area contributed by atoms with Crippen LogP contribution in [0.4, 0.5) is 11.6 Å². The van der Waals surface area contributed by atoms with Crippen LogP contribution in [0.1, 0.15) is 16.7 Å². The lowest BCUT2D eigenvalue weighted by molar-refractivity contribution is -0.115. The monoisotopic (exact) mass is 401 g/mol. The van der Waals surface area contributed by atoms with E-state index in [4.69, 9.17) is 0 Å². The van der Waals surface area contributed by atoms with Crippen LogP contribution in [0, 0.1) is 6.92 Å². The number of benzene rings is 2. The van der Waals surface area contributed by atoms with Crippen molar-refractivity contribution in [1.29, 1.82) is 0 Å². The van der Waals surface area contributed by atoms with Crippen molar-refractivity contribution >= 4 is 17.5 Å². The van der Waals surface area contributed by atoms with Crippen LogP contribution in [-0.4, -0.2) is 47.0 Å². The van der Waals surface area contributed by atoms with E-state index in [1.165, 1.54) is 17.5 Å². The molecule has 2 aromatic carbocycles. The normalized spacial score (nSPS) is 14.5. The maximum Gasteiger partial charge on any atom is 0.229 e. The van der Waals surface area contributed by atoms with E-state index in [1.807, 2.05) is 43.3 Å². The van der Waals surface area contributed by atoms with E-state index < -0.39 is 0 Å². The number of rotatable bonds is 6. The first-order valence-corrected chi connectivity index (χ1v) is 10.3. The number of hydrogen-bond acceptors (Lipinski definition) is 5. The van der Waals surface area contributed by atoms with Crippen LogP contribution in [0.15, 0.2) is 67.0 Å². The highest BCUT2D eigenvalue weighted by atomic mass is 16.1. The summed E-state index contributed by atoms with van der Waals surface area (Å²) in [4.78, 5) is 25.7. The van der Waals surface area contributed by atoms with E-state index in [-0.39, 0.29) is 5.91 Å². The minimum Gasteiger partial charge on any atom is -0.354 e. The number of carbonyl (C=O) groups excluding carboxylic acids is 1. The molecule has 1 amide bonds. The number of hydrogen-bond donors (Lipinski definition) is 1. The van der Waals surface area contributed by atoms with Crippen LogP contribution in [0.5, 0.6) is 0 Å². The summed E-state index contributed by atoms with van der Waals surface area (Å²) in [5.41, 5.74) is 3.51. The van der Waals surface area contributed by atoms with E-state index in [1.54, 1.807) is 0 Å². The van der Waals surface area contributed by atoms with Crippen molar-refractivity contribution in [3.05, 3.63) is 83.7 Å². The zero-order valence-electron chi connectivity index (χ0n) is 17.3. The number of nitrogens with zero attached hydrogens (tertiary/aromatic N) is 4. The first kappa shape index (κ1) is 20.0. The lowest BCUT2D eigenvalue weighted by Gasteiger charge is -2.35. The number of aromatic nitrogens is 2. The summed E-state index contributed by atoms with van der Waals surface area (Å²) < 4.78 is 0. The maximum absolute atomic E-state index is 12.4. The molecule has 1 aliphatic heterocycles. The van der Waals surface area contributed by atoms with Gasteiger partial charge in [0.2, 0.25) is 5.91 Å². The van der Waals surface area contributed by atoms with Crippen LogP contribution >= 0.6 is 0 Å². The van der Waals surface area contributed by atoms with Gasteiger partial charge in [-0.2, -0.15) is 0 Å². The maximum atomic E-state index is 12.4. The molecule has 0 bridgehead atoms. The van der Waals surface area contributed by atoms with E-state index in [0.717, 1.165) is 44.1 Å². The van der Waals surface area contributed by atoms with Gasteiger partial charge in [-0.3, -0.25) is 9.69 Å². The van der Waals surface area contributed by atoms with Gasteiger partial charge in [-0.1, -0.05) is 60.2 Å². The molecule has 1 saturated heterocycles. The number of anilines is 2. The van der Waals surface area contributed by atoms with Gasteiger partial charge in [0, 0.05) is 38.8 Å². The zero-order valence-corrected chi connectivity index (χ0v) is 17.3. The predicted octanol–water partition coefficient (Wildman–Crippen LogP) is 3.29. The molecule has 0 aliphatic carbocycles. The fourth-order valence-corrected chi connectivity index (χ4v) is 3.64. The Kier molecular flexibility index (Phi) is 6.35. The summed E-state index contributed by atoms with van der Waals surface area (Å²) >= 11 is 0. The number of amides is 1. The summed E-state index contributed by atoms with van der Waals surface area (Å²) in [5.74, 6) is 1.33. The summed E-state index contributed by atoms with van der Waals surface area (Å²) in [6.45, 7) is 6.77. The lowest BCUT2D eigenvalue weighted by Crippen LogP contribution is -2.46. The lowest BCUT2D eigenvalue weighted by atomic mass is 10.1. The van der Waals surface area contributed by atoms with Crippen LogP contribution in [0.3, 0.4) is 0 Å². The molecule has 3 aromatic rings. The van der Waals surface area contributed by atoms with E-state index in [0.29, 0.717) is 12.2 Å². The van der Waals surface area contributed by atoms with Gasteiger partial charge in [-0.25, -0.2) is 9.97 Å². The van der Waals surface area contributed by atoms with Crippen molar-refractivity contribution in [3.8, 4) is 0 Å². The molecule has 6 heteroatoms. The number of piperazine rings is 1. The first-order chi connectivity index (χ1) is 14.7. The average molecular weight is 402 g/mol. The molecule has 1 aromatic heterocycles. The zero-order chi connectivity index (χ0) is 20.8. The molecule has 0 radical (unpaired) electrons. The van der Waals surface area contributed by atoms with Gasteiger partial charge >= 0.3 is 0 Å². The number of nitrogens with one attached hydrogen (secondary N) is 1. The molecule has 0 saturated carbocycles. The minimum atomic E-state index is -0.0730. The fourth-order valence-electron chi connectivity index (χ4n) is 3.64. The van der Waals surface area contributed by atoms with E-state index >= 15 is 0 Å². The summed E-state index contributed by atoms with van der Waals surface area (Å²) in [6.07, 6.45) is 1.85. The fraction of sp³-hybridized carbons (Fsp3) is 0.292. The molecule has 1 N–H and O–H groups in total. The van der Waals surface area contributed by atoms with Crippen LogP contribution in [-0.2, 0) is 17.8 Å². The smallest absolute Gasteiger partial charge is 0.229 e. The molecule has 1 aliphatic rings. The summed E-state index contributed by atoms with van der Waals surface area (Å²) in [5, 5.41) is 2.90. The second-order valence-corrected chi connectivity index (χ2v) is 7.72. The van der Waals surface area contributed by atoms with E-state index in [2.05, 4.69) is 49.4 Å². The summed E-state index contributed by atoms with van der Waals surface area (Å²) in [6, 6.07) is 20.4. The molecule has 30 heavy (non-hydrogen) atoms. The van der Waals surface area contributed by atoms with Gasteiger partial charge in [0.25, 0.3) is 0 Å². The molecular weight excluding hydrogens is 374 g/mol. The van der Waals surface area contributed by atoms with Gasteiger partial charge in [-0.15, -0.1) is 0 Å². The Morgan fingerprint density at radius 3 is 2.40 bits per heavy atom. The Morgan fingerprint density at radius 2 is 1.67 bits per heavy atom. The van der Waals surface area contributed by atoms with Crippen LogP contribution < -0.4 is 10.2 Å². The number of aryl methyl sites for hydroxylation is 1. The van der Waals surface area contributed by atoms with Gasteiger partial charge in [-0.05, 0) is 18.1 Å². The predicted molar refractivity (Wildman–Crippen MR) is 119 cm³/mol. The average Bonchev–Trinajstić information content (AvgIpc) is 2.77. The summed E-state index contributed by atoms with van der Waals surface area (Å²) in [7, 11) is 0. The molecule has 0 spiro atoms. The van der Waals surface area contributed by atoms with E-state index in [9.17, 15) is 4.79 Å². The molecule has 6 nitrogen and oxygen atoms in total. The third-order valence-electron chi connectivity index (χ3n) is 5.35. The van der Waals surface area contributed by atoms with Gasteiger partial charge < -0.3 is 10.2 Å². The second-order valence-electron chi connectivity index (χ2n) is 7.72. The Morgan fingerprint density at radius 1 is 0.933 bits per heavy atom. The van der Waals surface area contributed by atoms with Crippen molar-refractivity contribution < 1.29 is 4.79 Å². The quantitative estimate of drug-likeness (QED) is 0.687. The van der Waals surface area contributed by atoms with Crippen LogP contribution in [0.2, 0.25) is 0 Å². The molecule has 1 fully saturated rings. The highest BCUT2D eigenvalue weighted by molar-refractivity contribution is 5.91. The van der Waals surface area contributed by atoms with Crippen molar-refractivity contribution in [2.75, 3.05) is 36.4 Å². The standard InChI is InChI=1S/C24H27N5O/c1-19-7-9-20(10-8-19)15-24(30)27-22-16-23(26-18-25-22)29-13-11-28(12-14-29)17-21-5-3-2-4-6-21/h2-10,16,18H,11-15,17H2,1H3,(H,25,26,27,30). The Hall–Kier alpha value is -3.25. The highest BCUT2D eigenvalue weighted by Crippen LogP contribution is 2.17. The highest BCUT2D eigenvalue weighted by Gasteiger charge is 2.19. The number of carbonyl (C=O) groups is 1. The minimum absolute atomic E-state index is 0.0730. The van der Waals surface area contributed by atoms with Gasteiger partial charge in [0.1, 0.15) is 18.0 Å². The Balaban J connectivity index is 1.31. The van der Waals surface area contributed by atoms with Gasteiger partial charge in [0.05, 0.1) is 6.42 Å². The molecule has 154 valence electrons. The molecule has 4 rings (SSSR count). The van der Waals surface area contributed by atoms with Gasteiger partial charge in [0.15, 0.2) is 0 Å². The van der Waals surface area contributed by atoms with Crippen molar-refractivity contribution in [2.24, 2.45) is 0 Å². The van der Waals surface area contributed by atoms with Crippen molar-refractivity contribution in [3.63, 3.8) is 0 Å². The SMILES string of the molecule is Cc1ccc(CC(=O)Nc2cc(N3CCN(Cc4ccccc4)CC3)ncn2)cc1.